The zero-order chi connectivity index (χ0) is 17.5. The lowest BCUT2D eigenvalue weighted by atomic mass is 10.4. The van der Waals surface area contributed by atoms with Crippen LogP contribution in [0.5, 0.6) is 0 Å². The number of alkyl halides is 3. The van der Waals surface area contributed by atoms with Gasteiger partial charge in [0.1, 0.15) is 4.21 Å². The predicted molar refractivity (Wildman–Crippen MR) is 99.6 cm³/mol. The second kappa shape index (κ2) is 10.4. The highest BCUT2D eigenvalue weighted by atomic mass is 127. The Hall–Kier alpha value is -0.600. The topological polar surface area (TPSA) is 73.8 Å². The number of rotatable bonds is 7. The molecule has 0 saturated heterocycles. The summed E-state index contributed by atoms with van der Waals surface area (Å²) < 4.78 is 61.9. The number of nitrogens with one attached hydrogen (secondary N) is 2. The van der Waals surface area contributed by atoms with Crippen LogP contribution in [0.1, 0.15) is 6.42 Å². The van der Waals surface area contributed by atoms with Crippen LogP contribution in [0, 0.1) is 0 Å². The van der Waals surface area contributed by atoms with Gasteiger partial charge in [-0.25, -0.2) is 8.42 Å². The molecule has 0 saturated carbocycles. The second-order valence-electron chi connectivity index (χ2n) is 4.55. The van der Waals surface area contributed by atoms with Gasteiger partial charge < -0.3 is 10.6 Å². The molecule has 140 valence electrons. The lowest BCUT2D eigenvalue weighted by molar-refractivity contribution is -0.132. The van der Waals surface area contributed by atoms with Crippen molar-refractivity contribution in [3.63, 3.8) is 0 Å². The van der Waals surface area contributed by atoms with Crippen molar-refractivity contribution in [1.29, 1.82) is 0 Å². The molecule has 0 fully saturated rings. The molecule has 0 atom stereocenters. The van der Waals surface area contributed by atoms with Crippen LogP contribution >= 0.6 is 35.3 Å². The van der Waals surface area contributed by atoms with Crippen molar-refractivity contribution in [2.45, 2.75) is 16.8 Å². The van der Waals surface area contributed by atoms with E-state index < -0.39 is 22.6 Å². The van der Waals surface area contributed by atoms with Crippen molar-refractivity contribution in [2.24, 2.45) is 4.99 Å². The second-order valence-corrected chi connectivity index (χ2v) is 7.77. The fraction of sp³-hybridized carbons (Fsp3) is 0.583. The summed E-state index contributed by atoms with van der Waals surface area (Å²) in [5.74, 6) is 0.191. The smallest absolute Gasteiger partial charge is 0.356 e. The quantitative estimate of drug-likeness (QED) is 0.342. The van der Waals surface area contributed by atoms with E-state index in [0.29, 0.717) is 0 Å². The van der Waals surface area contributed by atoms with Crippen molar-refractivity contribution in [2.75, 3.05) is 33.7 Å². The van der Waals surface area contributed by atoms with Gasteiger partial charge in [-0.2, -0.15) is 17.5 Å². The van der Waals surface area contributed by atoms with Gasteiger partial charge in [-0.1, -0.05) is 6.07 Å². The number of likely N-dealkylation sites (N-methyl/N-ethyl adjacent to an activating group) is 1. The number of sulfonamides is 1. The van der Waals surface area contributed by atoms with Crippen LogP contribution in [0.2, 0.25) is 0 Å². The Labute approximate surface area is 160 Å². The molecule has 0 bridgehead atoms. The molecule has 0 aromatic carbocycles. The summed E-state index contributed by atoms with van der Waals surface area (Å²) in [7, 11) is -0.667. The molecule has 2 N–H and O–H groups in total. The minimum absolute atomic E-state index is 0. The number of nitrogens with zero attached hydrogens (tertiary/aromatic N) is 2. The molecule has 0 radical (unpaired) electrons. The van der Waals surface area contributed by atoms with E-state index in [-0.39, 0.29) is 53.8 Å². The molecule has 12 heteroatoms. The Morgan fingerprint density at radius 2 is 1.96 bits per heavy atom. The third-order valence-corrected chi connectivity index (χ3v) is 6.03. The number of hydrogen-bond donors (Lipinski definition) is 2. The molecule has 24 heavy (non-hydrogen) atoms. The number of hydrogen-bond acceptors (Lipinski definition) is 4. The summed E-state index contributed by atoms with van der Waals surface area (Å²) in [4.78, 5) is 3.78. The first-order valence-corrected chi connectivity index (χ1v) is 9.00. The van der Waals surface area contributed by atoms with Crippen molar-refractivity contribution in [3.8, 4) is 0 Å². The van der Waals surface area contributed by atoms with Gasteiger partial charge >= 0.3 is 6.18 Å². The molecule has 6 nitrogen and oxygen atoms in total. The highest BCUT2D eigenvalue weighted by Crippen LogP contribution is 2.19. The van der Waals surface area contributed by atoms with E-state index in [4.69, 9.17) is 0 Å². The summed E-state index contributed by atoms with van der Waals surface area (Å²) in [6.07, 6.45) is -5.21. The Morgan fingerprint density at radius 1 is 1.33 bits per heavy atom. The maximum Gasteiger partial charge on any atom is 0.390 e. The molecule has 0 aliphatic rings. The fourth-order valence-corrected chi connectivity index (χ4v) is 3.93. The minimum atomic E-state index is -4.24. The monoisotopic (exact) mass is 500 g/mol. The molecule has 0 unspecified atom stereocenters. The van der Waals surface area contributed by atoms with E-state index in [1.807, 2.05) is 0 Å². The summed E-state index contributed by atoms with van der Waals surface area (Å²) in [6.45, 7) is 0.0690. The highest BCUT2D eigenvalue weighted by molar-refractivity contribution is 14.0. The maximum absolute atomic E-state index is 12.2. The number of aliphatic imine (C=N–C) groups is 1. The molecule has 0 spiro atoms. The molecule has 0 amide bonds. The normalized spacial score (nSPS) is 12.8. The Bertz CT molecular complexity index is 606. The number of thiophene rings is 1. The summed E-state index contributed by atoms with van der Waals surface area (Å²) in [5.41, 5.74) is 0. The van der Waals surface area contributed by atoms with Crippen LogP contribution in [0.3, 0.4) is 0 Å². The van der Waals surface area contributed by atoms with Gasteiger partial charge in [0.15, 0.2) is 5.96 Å². The van der Waals surface area contributed by atoms with Gasteiger partial charge in [-0.3, -0.25) is 4.99 Å². The standard InChI is InChI=1S/C12H19F3N4O2S2.HI/c1-16-11(17-6-5-12(13,14)15)18-7-8-19(2)23(20,21)10-4-3-9-22-10;/h3-4,9H,5-8H2,1-2H3,(H2,16,17,18);1H. The zero-order valence-corrected chi connectivity index (χ0v) is 17.1. The summed E-state index contributed by atoms with van der Waals surface area (Å²) in [6, 6.07) is 3.16. The Morgan fingerprint density at radius 3 is 2.46 bits per heavy atom. The maximum atomic E-state index is 12.2. The molecule has 1 aromatic heterocycles. The van der Waals surface area contributed by atoms with E-state index in [1.165, 1.54) is 24.5 Å². The van der Waals surface area contributed by atoms with Gasteiger partial charge in [0.05, 0.1) is 6.42 Å². The van der Waals surface area contributed by atoms with Crippen LogP contribution in [0.15, 0.2) is 26.7 Å². The lowest BCUT2D eigenvalue weighted by Crippen LogP contribution is -2.42. The van der Waals surface area contributed by atoms with Crippen LogP contribution in [-0.2, 0) is 10.0 Å². The van der Waals surface area contributed by atoms with Gasteiger partial charge in [-0.05, 0) is 11.4 Å². The number of halogens is 4. The predicted octanol–water partition coefficient (Wildman–Crippen LogP) is 2.10. The van der Waals surface area contributed by atoms with E-state index in [1.54, 1.807) is 11.4 Å². The highest BCUT2D eigenvalue weighted by Gasteiger charge is 2.26. The zero-order valence-electron chi connectivity index (χ0n) is 13.1. The summed E-state index contributed by atoms with van der Waals surface area (Å²) in [5, 5.41) is 6.96. The van der Waals surface area contributed by atoms with Gasteiger partial charge in [-0.15, -0.1) is 35.3 Å². The molecular weight excluding hydrogens is 480 g/mol. The van der Waals surface area contributed by atoms with Gasteiger partial charge in [0, 0.05) is 33.7 Å². The van der Waals surface area contributed by atoms with Gasteiger partial charge in [0.2, 0.25) is 0 Å². The van der Waals surface area contributed by atoms with Crippen LogP contribution in [0.25, 0.3) is 0 Å². The SMILES string of the molecule is CN=C(NCCN(C)S(=O)(=O)c1cccs1)NCCC(F)(F)F.I. The molecule has 1 heterocycles. The average Bonchev–Trinajstić information content (AvgIpc) is 2.99. The van der Waals surface area contributed by atoms with E-state index in [9.17, 15) is 21.6 Å². The molecule has 0 aliphatic heterocycles. The molecular formula is C12H20F3IN4O2S2. The number of guanidine groups is 1. The van der Waals surface area contributed by atoms with Crippen LogP contribution in [-0.4, -0.2) is 58.6 Å². The van der Waals surface area contributed by atoms with Crippen LogP contribution < -0.4 is 10.6 Å². The van der Waals surface area contributed by atoms with E-state index >= 15 is 0 Å². The summed E-state index contributed by atoms with van der Waals surface area (Å²) >= 11 is 1.12. The third-order valence-electron chi connectivity index (χ3n) is 2.80. The average molecular weight is 500 g/mol. The van der Waals surface area contributed by atoms with Gasteiger partial charge in [0.25, 0.3) is 10.0 Å². The third kappa shape index (κ3) is 7.98. The first-order chi connectivity index (χ1) is 10.7. The van der Waals surface area contributed by atoms with Crippen molar-refractivity contribution >= 4 is 51.3 Å². The Balaban J connectivity index is 0.00000529. The fourth-order valence-electron chi connectivity index (χ4n) is 1.56. The minimum Gasteiger partial charge on any atom is -0.356 e. The van der Waals surface area contributed by atoms with Crippen LogP contribution in [0.4, 0.5) is 13.2 Å². The lowest BCUT2D eigenvalue weighted by Gasteiger charge is -2.18. The largest absolute Gasteiger partial charge is 0.390 e. The molecule has 1 aromatic rings. The van der Waals surface area contributed by atoms with Crippen molar-refractivity contribution < 1.29 is 21.6 Å². The van der Waals surface area contributed by atoms with E-state index in [0.717, 1.165) is 11.3 Å². The Kier molecular flexibility index (Phi) is 10.1. The first kappa shape index (κ1) is 23.4. The van der Waals surface area contributed by atoms with E-state index in [2.05, 4.69) is 15.6 Å². The van der Waals surface area contributed by atoms with Crippen molar-refractivity contribution in [3.05, 3.63) is 17.5 Å². The first-order valence-electron chi connectivity index (χ1n) is 6.68. The van der Waals surface area contributed by atoms with Crippen molar-refractivity contribution in [1.82, 2.24) is 14.9 Å². The molecule has 1 rings (SSSR count). The molecule has 0 aliphatic carbocycles.